The number of nitro benzene ring substituents is 1. The van der Waals surface area contributed by atoms with E-state index in [-0.39, 0.29) is 16.9 Å². The van der Waals surface area contributed by atoms with E-state index in [2.05, 4.69) is 31.3 Å². The topological polar surface area (TPSA) is 128 Å². The lowest BCUT2D eigenvalue weighted by atomic mass is 10.2. The van der Waals surface area contributed by atoms with E-state index in [4.69, 9.17) is 0 Å². The summed E-state index contributed by atoms with van der Waals surface area (Å²) in [7, 11) is 0. The van der Waals surface area contributed by atoms with Gasteiger partial charge in [0.15, 0.2) is 6.61 Å². The van der Waals surface area contributed by atoms with Crippen molar-refractivity contribution in [1.82, 2.24) is 5.32 Å². The number of nitrogens with zero attached hydrogens (tertiary/aromatic N) is 1. The van der Waals surface area contributed by atoms with Gasteiger partial charge in [0.25, 0.3) is 17.5 Å². The smallest absolute Gasteiger partial charge is 0.325 e. The predicted molar refractivity (Wildman–Crippen MR) is 99.1 cm³/mol. The quantitative estimate of drug-likeness (QED) is 0.376. The summed E-state index contributed by atoms with van der Waals surface area (Å²) in [5.74, 6) is -3.06. The number of esters is 1. The molecular weight excluding hydrogens is 441 g/mol. The first-order valence-electron chi connectivity index (χ1n) is 7.69. The van der Waals surface area contributed by atoms with Gasteiger partial charge in [0.2, 0.25) is 0 Å². The van der Waals surface area contributed by atoms with Crippen molar-refractivity contribution >= 4 is 45.1 Å². The third kappa shape index (κ3) is 6.13. The summed E-state index contributed by atoms with van der Waals surface area (Å²) in [4.78, 5) is 45.3. The van der Waals surface area contributed by atoms with Crippen LogP contribution in [0.2, 0.25) is 0 Å². The van der Waals surface area contributed by atoms with Crippen LogP contribution in [0.1, 0.15) is 10.4 Å². The molecule has 2 amide bonds. The van der Waals surface area contributed by atoms with Crippen molar-refractivity contribution in [2.75, 3.05) is 18.5 Å². The molecule has 2 aromatic carbocycles. The second kappa shape index (κ2) is 9.55. The Labute approximate surface area is 166 Å². The van der Waals surface area contributed by atoms with Gasteiger partial charge in [0.05, 0.1) is 10.6 Å². The van der Waals surface area contributed by atoms with E-state index in [1.807, 2.05) is 0 Å². The van der Waals surface area contributed by atoms with Crippen LogP contribution in [0.3, 0.4) is 0 Å². The van der Waals surface area contributed by atoms with Crippen LogP contribution in [0, 0.1) is 15.9 Å². The fourth-order valence-electron chi connectivity index (χ4n) is 1.99. The van der Waals surface area contributed by atoms with Gasteiger partial charge >= 0.3 is 5.97 Å². The molecule has 0 atom stereocenters. The first-order chi connectivity index (χ1) is 13.3. The van der Waals surface area contributed by atoms with Gasteiger partial charge in [-0.3, -0.25) is 24.5 Å². The van der Waals surface area contributed by atoms with Crippen molar-refractivity contribution in [2.24, 2.45) is 0 Å². The summed E-state index contributed by atoms with van der Waals surface area (Å²) in [5, 5.41) is 15.2. The van der Waals surface area contributed by atoms with Crippen molar-refractivity contribution in [3.05, 3.63) is 68.4 Å². The Morgan fingerprint density at radius 2 is 1.93 bits per heavy atom. The molecule has 0 aromatic heterocycles. The second-order valence-electron chi connectivity index (χ2n) is 5.32. The van der Waals surface area contributed by atoms with E-state index < -0.39 is 41.7 Å². The third-order valence-electron chi connectivity index (χ3n) is 3.28. The molecular formula is C17H13BrFN3O6. The third-order valence-corrected chi connectivity index (χ3v) is 3.78. The molecule has 2 rings (SSSR count). The fraction of sp³-hybridized carbons (Fsp3) is 0.118. The molecule has 0 saturated heterocycles. The molecule has 0 aliphatic carbocycles. The molecule has 0 aliphatic rings. The molecule has 9 nitrogen and oxygen atoms in total. The minimum Gasteiger partial charge on any atom is -0.454 e. The number of carbonyl (C=O) groups excluding carboxylic acids is 3. The highest BCUT2D eigenvalue weighted by molar-refractivity contribution is 9.10. The monoisotopic (exact) mass is 453 g/mol. The van der Waals surface area contributed by atoms with Crippen molar-refractivity contribution in [3.63, 3.8) is 0 Å². The first kappa shape index (κ1) is 21.0. The number of amides is 2. The average molecular weight is 454 g/mol. The van der Waals surface area contributed by atoms with Crippen LogP contribution >= 0.6 is 15.9 Å². The van der Waals surface area contributed by atoms with E-state index >= 15 is 0 Å². The number of ether oxygens (including phenoxy) is 1. The van der Waals surface area contributed by atoms with Crippen LogP contribution in [-0.2, 0) is 14.3 Å². The highest BCUT2D eigenvalue weighted by Gasteiger charge is 2.14. The molecule has 0 unspecified atom stereocenters. The minimum atomic E-state index is -0.912. The Kier molecular flexibility index (Phi) is 7.15. The number of anilines is 1. The van der Waals surface area contributed by atoms with E-state index in [0.717, 1.165) is 12.1 Å². The van der Waals surface area contributed by atoms with Crippen LogP contribution in [0.4, 0.5) is 15.8 Å². The lowest BCUT2D eigenvalue weighted by Gasteiger charge is -2.08. The van der Waals surface area contributed by atoms with Gasteiger partial charge in [0.1, 0.15) is 12.4 Å². The SMILES string of the molecule is O=C(COC(=O)CNC(=O)c1cccc([N+](=O)[O-])c1)Nc1ccc(Br)cc1F. The molecule has 11 heteroatoms. The summed E-state index contributed by atoms with van der Waals surface area (Å²) in [6, 6.07) is 8.96. The number of benzene rings is 2. The van der Waals surface area contributed by atoms with Crippen LogP contribution in [0.25, 0.3) is 0 Å². The van der Waals surface area contributed by atoms with Gasteiger partial charge in [-0.25, -0.2) is 4.39 Å². The Bertz CT molecular complexity index is 937. The predicted octanol–water partition coefficient (Wildman–Crippen LogP) is 2.41. The van der Waals surface area contributed by atoms with E-state index in [0.29, 0.717) is 4.47 Å². The van der Waals surface area contributed by atoms with Gasteiger partial charge in [-0.15, -0.1) is 0 Å². The molecule has 0 spiro atoms. The maximum absolute atomic E-state index is 13.6. The van der Waals surface area contributed by atoms with E-state index in [1.165, 1.54) is 30.3 Å². The number of rotatable bonds is 7. The Balaban J connectivity index is 1.79. The Morgan fingerprint density at radius 3 is 2.61 bits per heavy atom. The van der Waals surface area contributed by atoms with Crippen LogP contribution in [0.5, 0.6) is 0 Å². The number of halogens is 2. The molecule has 0 saturated carbocycles. The Morgan fingerprint density at radius 1 is 1.18 bits per heavy atom. The Hall–Kier alpha value is -3.34. The molecule has 2 N–H and O–H groups in total. The summed E-state index contributed by atoms with van der Waals surface area (Å²) in [6.45, 7) is -1.23. The van der Waals surface area contributed by atoms with Crippen LogP contribution in [-0.4, -0.2) is 35.9 Å². The lowest BCUT2D eigenvalue weighted by molar-refractivity contribution is -0.384. The van der Waals surface area contributed by atoms with Gasteiger partial charge in [-0.1, -0.05) is 22.0 Å². The minimum absolute atomic E-state index is 0.00884. The molecule has 28 heavy (non-hydrogen) atoms. The van der Waals surface area contributed by atoms with Gasteiger partial charge < -0.3 is 15.4 Å². The summed E-state index contributed by atoms with van der Waals surface area (Å²) in [6.07, 6.45) is 0. The number of hydrogen-bond acceptors (Lipinski definition) is 6. The number of carbonyl (C=O) groups is 3. The molecule has 146 valence electrons. The highest BCUT2D eigenvalue weighted by Crippen LogP contribution is 2.19. The average Bonchev–Trinajstić information content (AvgIpc) is 2.66. The van der Waals surface area contributed by atoms with Crippen LogP contribution in [0.15, 0.2) is 46.9 Å². The number of hydrogen-bond donors (Lipinski definition) is 2. The number of nitrogens with one attached hydrogen (secondary N) is 2. The normalized spacial score (nSPS) is 10.1. The zero-order chi connectivity index (χ0) is 20.7. The van der Waals surface area contributed by atoms with Crippen LogP contribution < -0.4 is 10.6 Å². The first-order valence-corrected chi connectivity index (χ1v) is 8.48. The molecule has 0 fully saturated rings. The van der Waals surface area contributed by atoms with E-state index in [9.17, 15) is 28.9 Å². The molecule has 0 radical (unpaired) electrons. The molecule has 0 bridgehead atoms. The summed E-state index contributed by atoms with van der Waals surface area (Å²) in [5.41, 5.74) is -0.360. The second-order valence-corrected chi connectivity index (χ2v) is 6.24. The maximum Gasteiger partial charge on any atom is 0.325 e. The van der Waals surface area contributed by atoms with E-state index in [1.54, 1.807) is 0 Å². The van der Waals surface area contributed by atoms with Gasteiger partial charge in [-0.05, 0) is 24.3 Å². The van der Waals surface area contributed by atoms with Gasteiger partial charge in [-0.2, -0.15) is 0 Å². The fourth-order valence-corrected chi connectivity index (χ4v) is 2.32. The number of nitro groups is 1. The number of non-ortho nitro benzene ring substituents is 1. The zero-order valence-electron chi connectivity index (χ0n) is 14.1. The van der Waals surface area contributed by atoms with Gasteiger partial charge in [0, 0.05) is 22.2 Å². The zero-order valence-corrected chi connectivity index (χ0v) is 15.7. The van der Waals surface area contributed by atoms with Crippen molar-refractivity contribution in [1.29, 1.82) is 0 Å². The molecule has 0 heterocycles. The van der Waals surface area contributed by atoms with Crippen molar-refractivity contribution in [2.45, 2.75) is 0 Å². The summed E-state index contributed by atoms with van der Waals surface area (Å²) >= 11 is 3.08. The summed E-state index contributed by atoms with van der Waals surface area (Å²) < 4.78 is 18.8. The van der Waals surface area contributed by atoms with Crippen molar-refractivity contribution in [3.8, 4) is 0 Å². The van der Waals surface area contributed by atoms with Crippen molar-refractivity contribution < 1.29 is 28.4 Å². The standard InChI is InChI=1S/C17H13BrFN3O6/c18-11-4-5-14(13(19)7-11)21-15(23)9-28-16(24)8-20-17(25)10-2-1-3-12(6-10)22(26)27/h1-7H,8-9H2,(H,20,25)(H,21,23). The molecule has 2 aromatic rings. The lowest BCUT2D eigenvalue weighted by Crippen LogP contribution is -2.32. The maximum atomic E-state index is 13.6. The molecule has 0 aliphatic heterocycles. The largest absolute Gasteiger partial charge is 0.454 e. The highest BCUT2D eigenvalue weighted by atomic mass is 79.9.